The van der Waals surface area contributed by atoms with Crippen LogP contribution in [0.15, 0.2) is 70.4 Å². The zero-order valence-electron chi connectivity index (χ0n) is 25.1. The second-order valence-corrected chi connectivity index (χ2v) is 13.4. The molecular formula is C31H38N3O9P. The van der Waals surface area contributed by atoms with Crippen LogP contribution in [-0.4, -0.2) is 45.5 Å². The van der Waals surface area contributed by atoms with Crippen molar-refractivity contribution in [3.63, 3.8) is 0 Å². The number of carbonyl (C=O) groups is 1. The smallest absolute Gasteiger partial charge is 0.459 e. The lowest BCUT2D eigenvalue weighted by Gasteiger charge is -2.26. The maximum Gasteiger partial charge on any atom is 0.459 e. The van der Waals surface area contributed by atoms with E-state index in [1.807, 2.05) is 63.2 Å². The van der Waals surface area contributed by atoms with Gasteiger partial charge in [0.15, 0.2) is 0 Å². The number of aromatic amines is 1. The first-order valence-electron chi connectivity index (χ1n) is 14.6. The van der Waals surface area contributed by atoms with Crippen molar-refractivity contribution in [3.8, 4) is 5.75 Å². The predicted octanol–water partition coefficient (Wildman–Crippen LogP) is 3.93. The molecule has 1 spiro atoms. The number of nitrogens with zero attached hydrogens (tertiary/aromatic N) is 1. The lowest BCUT2D eigenvalue weighted by atomic mass is 9.96. The standard InChI is InChI=1S/C31H38N3O9P/c1-19(2)23-11-10-20(3)16-24(23)43-44(39,33-21(4)28(37)40-17-22-8-6-5-7-9-22)41-18-25-27(36)31(13-14-31)29(42-25)34-15-12-26(35)32-30(34)38/h5-12,15-16,19,21,25,27,29,36H,13-14,17-18H2,1-4H3,(H,33,39)(H,32,35,38). The molecule has 1 saturated carbocycles. The van der Waals surface area contributed by atoms with E-state index in [1.54, 1.807) is 6.07 Å². The molecule has 3 aromatic rings. The van der Waals surface area contributed by atoms with Gasteiger partial charge in [-0.15, -0.1) is 0 Å². The second kappa shape index (κ2) is 12.8. The number of aryl methyl sites for hydroxylation is 1. The van der Waals surface area contributed by atoms with Crippen molar-refractivity contribution < 1.29 is 33.0 Å². The molecule has 44 heavy (non-hydrogen) atoms. The van der Waals surface area contributed by atoms with Crippen LogP contribution in [-0.2, 0) is 30.0 Å². The summed E-state index contributed by atoms with van der Waals surface area (Å²) in [6.07, 6.45) is -0.413. The van der Waals surface area contributed by atoms with Crippen molar-refractivity contribution in [1.29, 1.82) is 0 Å². The number of aliphatic hydroxyl groups excluding tert-OH is 1. The molecule has 13 heteroatoms. The van der Waals surface area contributed by atoms with Gasteiger partial charge in [-0.05, 0) is 55.4 Å². The van der Waals surface area contributed by atoms with Gasteiger partial charge in [-0.25, -0.2) is 9.36 Å². The van der Waals surface area contributed by atoms with Crippen LogP contribution in [0.1, 0.15) is 62.4 Å². The Hall–Kier alpha value is -3.54. The van der Waals surface area contributed by atoms with Gasteiger partial charge >= 0.3 is 19.4 Å². The Morgan fingerprint density at radius 2 is 1.89 bits per heavy atom. The van der Waals surface area contributed by atoms with Crippen LogP contribution in [0.25, 0.3) is 0 Å². The number of nitrogens with one attached hydrogen (secondary N) is 2. The zero-order valence-corrected chi connectivity index (χ0v) is 26.0. The molecule has 236 valence electrons. The monoisotopic (exact) mass is 627 g/mol. The molecule has 3 N–H and O–H groups in total. The van der Waals surface area contributed by atoms with Crippen LogP contribution in [0.4, 0.5) is 0 Å². The number of H-pyrrole nitrogens is 1. The molecule has 0 amide bonds. The molecule has 2 aliphatic rings. The van der Waals surface area contributed by atoms with Gasteiger partial charge in [0.05, 0.1) is 12.7 Å². The SMILES string of the molecule is Cc1ccc(C(C)C)c(OP(=O)(NC(C)C(=O)OCc2ccccc2)OCC2OC(n3ccc(=O)[nH]c3=O)C3(CC3)C2O)c1. The van der Waals surface area contributed by atoms with Crippen molar-refractivity contribution in [1.82, 2.24) is 14.6 Å². The maximum absolute atomic E-state index is 14.3. The number of ether oxygens (including phenoxy) is 2. The Morgan fingerprint density at radius 1 is 1.16 bits per heavy atom. The van der Waals surface area contributed by atoms with E-state index in [9.17, 15) is 24.1 Å². The molecule has 2 aromatic carbocycles. The third kappa shape index (κ3) is 6.90. The molecule has 2 fully saturated rings. The first-order valence-corrected chi connectivity index (χ1v) is 16.1. The molecule has 1 aliphatic heterocycles. The minimum atomic E-state index is -4.30. The molecule has 5 unspecified atom stereocenters. The average molecular weight is 628 g/mol. The van der Waals surface area contributed by atoms with E-state index in [2.05, 4.69) is 10.1 Å². The van der Waals surface area contributed by atoms with Crippen molar-refractivity contribution in [2.45, 2.75) is 77.5 Å². The van der Waals surface area contributed by atoms with Gasteiger partial charge < -0.3 is 19.1 Å². The highest BCUT2D eigenvalue weighted by molar-refractivity contribution is 7.52. The Morgan fingerprint density at radius 3 is 2.55 bits per heavy atom. The summed E-state index contributed by atoms with van der Waals surface area (Å²) in [5.41, 5.74) is 0.471. The van der Waals surface area contributed by atoms with Gasteiger partial charge in [-0.3, -0.25) is 23.7 Å². The highest BCUT2D eigenvalue weighted by atomic mass is 31.2. The summed E-state index contributed by atoms with van der Waals surface area (Å²) in [5, 5.41) is 13.9. The summed E-state index contributed by atoms with van der Waals surface area (Å²) in [7, 11) is -4.30. The fourth-order valence-corrected chi connectivity index (χ4v) is 6.92. The number of rotatable bonds is 12. The van der Waals surface area contributed by atoms with E-state index >= 15 is 0 Å². The largest absolute Gasteiger partial charge is 0.460 e. The molecule has 1 aromatic heterocycles. The average Bonchev–Trinajstić information content (AvgIpc) is 3.73. The summed E-state index contributed by atoms with van der Waals surface area (Å²) in [5.74, 6) is -0.315. The number of esters is 1. The van der Waals surface area contributed by atoms with Gasteiger partial charge in [0, 0.05) is 17.7 Å². The third-order valence-electron chi connectivity index (χ3n) is 8.02. The lowest BCUT2D eigenvalue weighted by Crippen LogP contribution is -2.37. The molecule has 1 saturated heterocycles. The summed E-state index contributed by atoms with van der Waals surface area (Å²) in [4.78, 5) is 39.2. The van der Waals surface area contributed by atoms with Crippen LogP contribution in [0.2, 0.25) is 0 Å². The predicted molar refractivity (Wildman–Crippen MR) is 161 cm³/mol. The van der Waals surface area contributed by atoms with Gasteiger partial charge in [0.2, 0.25) is 0 Å². The van der Waals surface area contributed by atoms with Crippen molar-refractivity contribution in [3.05, 3.63) is 98.3 Å². The second-order valence-electron chi connectivity index (χ2n) is 11.7. The molecule has 12 nitrogen and oxygen atoms in total. The van der Waals surface area contributed by atoms with Crippen LogP contribution < -0.4 is 20.9 Å². The van der Waals surface area contributed by atoms with Crippen molar-refractivity contribution in [2.24, 2.45) is 5.41 Å². The number of carbonyl (C=O) groups excluding carboxylic acids is 1. The van der Waals surface area contributed by atoms with Crippen molar-refractivity contribution >= 4 is 13.7 Å². The highest BCUT2D eigenvalue weighted by Crippen LogP contribution is 2.62. The Kier molecular flexibility index (Phi) is 9.29. The van der Waals surface area contributed by atoms with Crippen LogP contribution in [0.5, 0.6) is 5.75 Å². The Balaban J connectivity index is 1.36. The van der Waals surface area contributed by atoms with Crippen molar-refractivity contribution in [2.75, 3.05) is 6.61 Å². The summed E-state index contributed by atoms with van der Waals surface area (Å²) < 4.78 is 39.0. The van der Waals surface area contributed by atoms with Crippen LogP contribution in [0.3, 0.4) is 0 Å². The topological polar surface area (TPSA) is 158 Å². The lowest BCUT2D eigenvalue weighted by molar-refractivity contribution is -0.146. The number of hydrogen-bond donors (Lipinski definition) is 3. The number of hydrogen-bond acceptors (Lipinski definition) is 9. The Bertz CT molecular complexity index is 1650. The molecule has 5 rings (SSSR count). The first kappa shape index (κ1) is 31.9. The molecule has 5 atom stereocenters. The number of benzene rings is 2. The first-order chi connectivity index (χ1) is 20.9. The van der Waals surface area contributed by atoms with E-state index < -0.39 is 54.9 Å². The Labute approximate surface area is 254 Å². The van der Waals surface area contributed by atoms with E-state index in [0.29, 0.717) is 18.6 Å². The minimum absolute atomic E-state index is 0.0263. The number of aliphatic hydroxyl groups is 1. The summed E-state index contributed by atoms with van der Waals surface area (Å²) >= 11 is 0. The molecule has 2 heterocycles. The van der Waals surface area contributed by atoms with Crippen LogP contribution >= 0.6 is 7.75 Å². The van der Waals surface area contributed by atoms with Gasteiger partial charge in [0.1, 0.15) is 30.7 Å². The van der Waals surface area contributed by atoms with Gasteiger partial charge in [-0.1, -0.05) is 56.3 Å². The van der Waals surface area contributed by atoms with Gasteiger partial charge in [-0.2, -0.15) is 5.09 Å². The summed E-state index contributed by atoms with van der Waals surface area (Å²) in [6, 6.07) is 14.8. The van der Waals surface area contributed by atoms with E-state index in [1.165, 1.54) is 23.8 Å². The maximum atomic E-state index is 14.3. The molecule has 0 bridgehead atoms. The normalized spacial score (nSPS) is 22.5. The highest BCUT2D eigenvalue weighted by Gasteiger charge is 2.64. The molecule has 1 aliphatic carbocycles. The molecular weight excluding hydrogens is 589 g/mol. The third-order valence-corrected chi connectivity index (χ3v) is 9.65. The minimum Gasteiger partial charge on any atom is -0.460 e. The quantitative estimate of drug-likeness (QED) is 0.198. The zero-order chi connectivity index (χ0) is 31.6. The van der Waals surface area contributed by atoms with E-state index in [4.69, 9.17) is 18.5 Å². The molecule has 0 radical (unpaired) electrons. The van der Waals surface area contributed by atoms with E-state index in [-0.39, 0.29) is 19.1 Å². The fraction of sp³-hybridized carbons (Fsp3) is 0.452. The van der Waals surface area contributed by atoms with Gasteiger partial charge in [0.25, 0.3) is 5.56 Å². The fourth-order valence-electron chi connectivity index (χ4n) is 5.40. The van der Waals surface area contributed by atoms with Crippen LogP contribution in [0, 0.1) is 12.3 Å². The number of aromatic nitrogens is 2. The van der Waals surface area contributed by atoms with E-state index in [0.717, 1.165) is 16.7 Å². The summed E-state index contributed by atoms with van der Waals surface area (Å²) in [6.45, 7) is 6.95.